The van der Waals surface area contributed by atoms with Crippen LogP contribution >= 0.6 is 11.6 Å². The van der Waals surface area contributed by atoms with Gasteiger partial charge in [-0.2, -0.15) is 0 Å². The Hall–Kier alpha value is -2.00. The lowest BCUT2D eigenvalue weighted by molar-refractivity contribution is 0.103. The quantitative estimate of drug-likeness (QED) is 0.677. The summed E-state index contributed by atoms with van der Waals surface area (Å²) in [7, 11) is 0. The summed E-state index contributed by atoms with van der Waals surface area (Å²) in [6.07, 6.45) is 0. The monoisotopic (exact) mass is 301 g/mol. The fourth-order valence-corrected chi connectivity index (χ4v) is 2.63. The number of ketones is 1. The van der Waals surface area contributed by atoms with Gasteiger partial charge in [-0.15, -0.1) is 0 Å². The van der Waals surface area contributed by atoms with E-state index in [1.807, 2.05) is 12.1 Å². The Kier molecular flexibility index (Phi) is 3.18. The zero-order chi connectivity index (χ0) is 15.2. The van der Waals surface area contributed by atoms with Crippen molar-refractivity contribution in [2.24, 2.45) is 0 Å². The molecule has 4 heteroatoms. The molecule has 0 spiro atoms. The molecule has 3 nitrogen and oxygen atoms in total. The standard InChI is InChI=1S/C17H16ClNO2/c1-17(2)9-21-15-6-4-10(7-12(15)17)16(20)11-3-5-13(18)14(19)8-11/h3-8H,9,19H2,1-2H3. The van der Waals surface area contributed by atoms with Crippen LogP contribution in [0.15, 0.2) is 36.4 Å². The number of benzene rings is 2. The number of nitrogen functional groups attached to an aromatic ring is 1. The van der Waals surface area contributed by atoms with E-state index in [9.17, 15) is 4.79 Å². The van der Waals surface area contributed by atoms with Gasteiger partial charge in [0.25, 0.3) is 0 Å². The maximum atomic E-state index is 12.6. The van der Waals surface area contributed by atoms with Gasteiger partial charge in [-0.1, -0.05) is 25.4 Å². The molecule has 1 heterocycles. The maximum absolute atomic E-state index is 12.6. The molecule has 2 aromatic carbocycles. The molecule has 1 aliphatic heterocycles. The fourth-order valence-electron chi connectivity index (χ4n) is 2.51. The van der Waals surface area contributed by atoms with Crippen LogP contribution in [0.2, 0.25) is 5.02 Å². The van der Waals surface area contributed by atoms with Gasteiger partial charge in [-0.05, 0) is 36.4 Å². The first-order valence-corrected chi connectivity index (χ1v) is 7.13. The van der Waals surface area contributed by atoms with Crippen molar-refractivity contribution < 1.29 is 9.53 Å². The van der Waals surface area contributed by atoms with Gasteiger partial charge in [0.05, 0.1) is 17.3 Å². The van der Waals surface area contributed by atoms with Crippen molar-refractivity contribution in [1.82, 2.24) is 0 Å². The molecule has 0 aliphatic carbocycles. The number of ether oxygens (including phenoxy) is 1. The molecule has 0 fully saturated rings. The number of hydrogen-bond acceptors (Lipinski definition) is 3. The summed E-state index contributed by atoms with van der Waals surface area (Å²) in [5, 5.41) is 0.454. The zero-order valence-electron chi connectivity index (χ0n) is 11.9. The summed E-state index contributed by atoms with van der Waals surface area (Å²) in [5.41, 5.74) is 8.33. The van der Waals surface area contributed by atoms with Gasteiger partial charge in [0.2, 0.25) is 0 Å². The third-order valence-electron chi connectivity index (χ3n) is 3.82. The van der Waals surface area contributed by atoms with E-state index in [0.717, 1.165) is 11.3 Å². The first kappa shape index (κ1) is 14.0. The molecule has 2 N–H and O–H groups in total. The Morgan fingerprint density at radius 1 is 1.19 bits per heavy atom. The molecule has 0 saturated carbocycles. The van der Waals surface area contributed by atoms with E-state index in [-0.39, 0.29) is 11.2 Å². The van der Waals surface area contributed by atoms with Gasteiger partial charge in [0.15, 0.2) is 5.78 Å². The van der Waals surface area contributed by atoms with Gasteiger partial charge in [-0.25, -0.2) is 0 Å². The molecule has 21 heavy (non-hydrogen) atoms. The Morgan fingerprint density at radius 2 is 1.86 bits per heavy atom. The van der Waals surface area contributed by atoms with Crippen molar-refractivity contribution in [2.45, 2.75) is 19.3 Å². The van der Waals surface area contributed by atoms with E-state index in [2.05, 4.69) is 13.8 Å². The van der Waals surface area contributed by atoms with Crippen LogP contribution < -0.4 is 10.5 Å². The van der Waals surface area contributed by atoms with Crippen molar-refractivity contribution in [3.05, 3.63) is 58.1 Å². The third-order valence-corrected chi connectivity index (χ3v) is 4.16. The lowest BCUT2D eigenvalue weighted by Gasteiger charge is -2.15. The topological polar surface area (TPSA) is 52.3 Å². The number of carbonyl (C=O) groups excluding carboxylic acids is 1. The highest BCUT2D eigenvalue weighted by Crippen LogP contribution is 2.39. The summed E-state index contributed by atoms with van der Waals surface area (Å²) in [6, 6.07) is 10.5. The van der Waals surface area contributed by atoms with Crippen LogP contribution in [0.3, 0.4) is 0 Å². The molecular weight excluding hydrogens is 286 g/mol. The van der Waals surface area contributed by atoms with Crippen molar-refractivity contribution in [3.63, 3.8) is 0 Å². The summed E-state index contributed by atoms with van der Waals surface area (Å²) in [5.74, 6) is 0.788. The van der Waals surface area contributed by atoms with Gasteiger partial charge in [0, 0.05) is 22.1 Å². The Bertz CT molecular complexity index is 738. The van der Waals surface area contributed by atoms with Crippen LogP contribution in [-0.2, 0) is 5.41 Å². The van der Waals surface area contributed by atoms with E-state index < -0.39 is 0 Å². The molecule has 0 atom stereocenters. The van der Waals surface area contributed by atoms with Gasteiger partial charge < -0.3 is 10.5 Å². The highest BCUT2D eigenvalue weighted by Gasteiger charge is 2.32. The van der Waals surface area contributed by atoms with E-state index >= 15 is 0 Å². The predicted octanol–water partition coefficient (Wildman–Crippen LogP) is 3.82. The number of carbonyl (C=O) groups is 1. The number of halogens is 1. The van der Waals surface area contributed by atoms with Crippen LogP contribution in [0, 0.1) is 0 Å². The van der Waals surface area contributed by atoms with Crippen LogP contribution in [-0.4, -0.2) is 12.4 Å². The second kappa shape index (κ2) is 4.78. The normalized spacial score (nSPS) is 15.4. The molecule has 108 valence electrons. The molecule has 0 bridgehead atoms. The first-order valence-electron chi connectivity index (χ1n) is 6.75. The minimum absolute atomic E-state index is 0.0659. The van der Waals surface area contributed by atoms with Crippen LogP contribution in [0.5, 0.6) is 5.75 Å². The second-order valence-electron chi connectivity index (χ2n) is 5.95. The minimum Gasteiger partial charge on any atom is -0.492 e. The minimum atomic E-state index is -0.0787. The van der Waals surface area contributed by atoms with Crippen LogP contribution in [0.1, 0.15) is 35.3 Å². The molecule has 0 saturated heterocycles. The maximum Gasteiger partial charge on any atom is 0.193 e. The van der Waals surface area contributed by atoms with Gasteiger partial charge in [-0.3, -0.25) is 4.79 Å². The molecule has 0 aromatic heterocycles. The lowest BCUT2D eigenvalue weighted by atomic mass is 9.85. The molecule has 0 radical (unpaired) electrons. The van der Waals surface area contributed by atoms with E-state index in [1.54, 1.807) is 24.3 Å². The Morgan fingerprint density at radius 3 is 2.57 bits per heavy atom. The Labute approximate surface area is 128 Å². The van der Waals surface area contributed by atoms with Gasteiger partial charge >= 0.3 is 0 Å². The summed E-state index contributed by atoms with van der Waals surface area (Å²) in [4.78, 5) is 12.6. The predicted molar refractivity (Wildman–Crippen MR) is 84.3 cm³/mol. The molecule has 0 amide bonds. The highest BCUT2D eigenvalue weighted by molar-refractivity contribution is 6.33. The second-order valence-corrected chi connectivity index (χ2v) is 6.36. The molecule has 2 aromatic rings. The number of nitrogens with two attached hydrogens (primary N) is 1. The fraction of sp³-hybridized carbons (Fsp3) is 0.235. The van der Waals surface area contributed by atoms with E-state index in [4.69, 9.17) is 22.1 Å². The molecule has 0 unspecified atom stereocenters. The zero-order valence-corrected chi connectivity index (χ0v) is 12.7. The third kappa shape index (κ3) is 2.38. The lowest BCUT2D eigenvalue weighted by Crippen LogP contribution is -2.18. The molecule has 1 aliphatic rings. The van der Waals surface area contributed by atoms with E-state index in [0.29, 0.717) is 28.4 Å². The SMILES string of the molecule is CC1(C)COc2ccc(C(=O)c3ccc(Cl)c(N)c3)cc21. The number of anilines is 1. The summed E-state index contributed by atoms with van der Waals surface area (Å²) in [6.45, 7) is 4.84. The first-order chi connectivity index (χ1) is 9.88. The average molecular weight is 302 g/mol. The van der Waals surface area contributed by atoms with Crippen molar-refractivity contribution in [1.29, 1.82) is 0 Å². The summed E-state index contributed by atoms with van der Waals surface area (Å²) >= 11 is 5.89. The van der Waals surface area contributed by atoms with E-state index in [1.165, 1.54) is 0 Å². The van der Waals surface area contributed by atoms with Crippen molar-refractivity contribution >= 4 is 23.1 Å². The average Bonchev–Trinajstić information content (AvgIpc) is 2.76. The largest absolute Gasteiger partial charge is 0.492 e. The Balaban J connectivity index is 2.01. The smallest absolute Gasteiger partial charge is 0.193 e. The number of rotatable bonds is 2. The number of fused-ring (bicyclic) bond motifs is 1. The summed E-state index contributed by atoms with van der Waals surface area (Å²) < 4.78 is 5.64. The highest BCUT2D eigenvalue weighted by atomic mass is 35.5. The van der Waals surface area contributed by atoms with Crippen LogP contribution in [0.25, 0.3) is 0 Å². The van der Waals surface area contributed by atoms with Gasteiger partial charge in [0.1, 0.15) is 5.75 Å². The molecular formula is C17H16ClNO2. The van der Waals surface area contributed by atoms with Crippen molar-refractivity contribution in [2.75, 3.05) is 12.3 Å². The number of hydrogen-bond donors (Lipinski definition) is 1. The van der Waals surface area contributed by atoms with Crippen LogP contribution in [0.4, 0.5) is 5.69 Å². The van der Waals surface area contributed by atoms with Crippen molar-refractivity contribution in [3.8, 4) is 5.75 Å². The molecule has 3 rings (SSSR count).